The summed E-state index contributed by atoms with van der Waals surface area (Å²) in [5.74, 6) is -0.840. The number of ether oxygens (including phenoxy) is 3. The van der Waals surface area contributed by atoms with Crippen LogP contribution in [0.3, 0.4) is 0 Å². The number of hydrogen-bond acceptors (Lipinski definition) is 5. The Labute approximate surface area is 134 Å². The minimum atomic E-state index is -0.431. The first-order valence-corrected chi connectivity index (χ1v) is 8.56. The molecule has 0 aromatic heterocycles. The van der Waals surface area contributed by atoms with E-state index in [1.165, 1.54) is 0 Å². The molecule has 1 unspecified atom stereocenters. The molecule has 0 aliphatic heterocycles. The molecule has 130 valence electrons. The van der Waals surface area contributed by atoms with E-state index in [1.54, 1.807) is 0 Å². The van der Waals surface area contributed by atoms with Crippen molar-refractivity contribution in [2.24, 2.45) is 0 Å². The van der Waals surface area contributed by atoms with E-state index in [2.05, 4.69) is 20.8 Å². The zero-order chi connectivity index (χ0) is 16.6. The van der Waals surface area contributed by atoms with Crippen LogP contribution in [0, 0.1) is 0 Å². The molecule has 0 aliphatic rings. The lowest BCUT2D eigenvalue weighted by Crippen LogP contribution is -2.23. The largest absolute Gasteiger partial charge is 0.464 e. The van der Waals surface area contributed by atoms with Crippen molar-refractivity contribution < 1.29 is 23.8 Å². The number of hydrogen-bond donors (Lipinski definition) is 0. The molecule has 0 amide bonds. The van der Waals surface area contributed by atoms with Crippen LogP contribution in [-0.2, 0) is 23.8 Å². The molecule has 0 fully saturated rings. The van der Waals surface area contributed by atoms with Gasteiger partial charge in [0.1, 0.15) is 19.3 Å². The molecule has 0 aliphatic carbocycles. The molecular formula is C17H32O5. The monoisotopic (exact) mass is 316 g/mol. The molecule has 0 saturated heterocycles. The van der Waals surface area contributed by atoms with Crippen LogP contribution in [0.2, 0.25) is 0 Å². The number of esters is 2. The summed E-state index contributed by atoms with van der Waals surface area (Å²) in [7, 11) is 0. The maximum atomic E-state index is 11.7. The highest BCUT2D eigenvalue weighted by Crippen LogP contribution is 2.11. The molecule has 0 radical (unpaired) electrons. The Morgan fingerprint density at radius 2 is 1.50 bits per heavy atom. The number of rotatable bonds is 14. The van der Waals surface area contributed by atoms with Crippen molar-refractivity contribution in [1.29, 1.82) is 0 Å². The van der Waals surface area contributed by atoms with E-state index in [4.69, 9.17) is 14.2 Å². The SMILES string of the molecule is CCCCCOC(=O)COCC(=O)OC(CCC)CCCC. The number of carbonyl (C=O) groups is 2. The van der Waals surface area contributed by atoms with Gasteiger partial charge in [0.25, 0.3) is 0 Å². The molecule has 0 aromatic rings. The molecule has 0 heterocycles. The minimum absolute atomic E-state index is 0.0398. The van der Waals surface area contributed by atoms with Gasteiger partial charge in [0.05, 0.1) is 6.61 Å². The molecule has 0 aromatic carbocycles. The van der Waals surface area contributed by atoms with Crippen LogP contribution >= 0.6 is 0 Å². The molecule has 0 rings (SSSR count). The van der Waals surface area contributed by atoms with E-state index in [0.29, 0.717) is 6.61 Å². The standard InChI is InChI=1S/C17H32O5/c1-4-7-9-12-21-16(18)13-20-14-17(19)22-15(10-6-3)11-8-5-2/h15H,4-14H2,1-3H3. The summed E-state index contributed by atoms with van der Waals surface area (Å²) in [6.45, 7) is 6.28. The Balaban J connectivity index is 3.75. The second kappa shape index (κ2) is 14.8. The molecule has 1 atom stereocenters. The van der Waals surface area contributed by atoms with E-state index < -0.39 is 11.9 Å². The van der Waals surface area contributed by atoms with Crippen LogP contribution in [0.25, 0.3) is 0 Å². The van der Waals surface area contributed by atoms with E-state index in [-0.39, 0.29) is 19.3 Å². The number of carbonyl (C=O) groups excluding carboxylic acids is 2. The van der Waals surface area contributed by atoms with Crippen molar-refractivity contribution in [3.8, 4) is 0 Å². The third kappa shape index (κ3) is 12.6. The molecular weight excluding hydrogens is 284 g/mol. The fourth-order valence-corrected chi connectivity index (χ4v) is 2.03. The first-order valence-electron chi connectivity index (χ1n) is 8.56. The van der Waals surface area contributed by atoms with E-state index >= 15 is 0 Å². The predicted octanol–water partition coefficient (Wildman–Crippen LogP) is 3.64. The maximum absolute atomic E-state index is 11.7. The third-order valence-electron chi connectivity index (χ3n) is 3.24. The molecule has 0 bridgehead atoms. The summed E-state index contributed by atoms with van der Waals surface area (Å²) in [4.78, 5) is 23.0. The fraction of sp³-hybridized carbons (Fsp3) is 0.882. The zero-order valence-electron chi connectivity index (χ0n) is 14.4. The summed E-state index contributed by atoms with van der Waals surface area (Å²) in [5.41, 5.74) is 0. The van der Waals surface area contributed by atoms with Crippen molar-refractivity contribution in [3.63, 3.8) is 0 Å². The maximum Gasteiger partial charge on any atom is 0.332 e. The van der Waals surface area contributed by atoms with E-state index in [1.807, 2.05) is 0 Å². The summed E-state index contributed by atoms with van der Waals surface area (Å²) in [6.07, 6.45) is 7.80. The van der Waals surface area contributed by atoms with Gasteiger partial charge in [-0.2, -0.15) is 0 Å². The van der Waals surface area contributed by atoms with Gasteiger partial charge < -0.3 is 14.2 Å². The first-order chi connectivity index (χ1) is 10.6. The average molecular weight is 316 g/mol. The summed E-state index contributed by atoms with van der Waals surface area (Å²) in [5, 5.41) is 0. The molecule has 0 spiro atoms. The smallest absolute Gasteiger partial charge is 0.332 e. The van der Waals surface area contributed by atoms with Crippen molar-refractivity contribution in [2.45, 2.75) is 78.2 Å². The summed E-state index contributed by atoms with van der Waals surface area (Å²) in [6, 6.07) is 0. The highest BCUT2D eigenvalue weighted by Gasteiger charge is 2.14. The Hall–Kier alpha value is -1.10. The van der Waals surface area contributed by atoms with Gasteiger partial charge in [-0.3, -0.25) is 0 Å². The minimum Gasteiger partial charge on any atom is -0.464 e. The third-order valence-corrected chi connectivity index (χ3v) is 3.24. The van der Waals surface area contributed by atoms with Gasteiger partial charge in [-0.05, 0) is 19.3 Å². The topological polar surface area (TPSA) is 61.8 Å². The highest BCUT2D eigenvalue weighted by atomic mass is 16.6. The Kier molecular flexibility index (Phi) is 14.1. The molecule has 22 heavy (non-hydrogen) atoms. The average Bonchev–Trinajstić information content (AvgIpc) is 2.49. The van der Waals surface area contributed by atoms with Crippen molar-refractivity contribution in [3.05, 3.63) is 0 Å². The first kappa shape index (κ1) is 20.9. The van der Waals surface area contributed by atoms with Crippen LogP contribution < -0.4 is 0 Å². The lowest BCUT2D eigenvalue weighted by molar-refractivity contribution is -0.159. The molecule has 0 saturated carbocycles. The normalized spacial score (nSPS) is 12.0. The zero-order valence-corrected chi connectivity index (χ0v) is 14.4. The Bertz CT molecular complexity index is 291. The Morgan fingerprint density at radius 3 is 2.14 bits per heavy atom. The van der Waals surface area contributed by atoms with Crippen LogP contribution in [0.5, 0.6) is 0 Å². The van der Waals surface area contributed by atoms with Crippen molar-refractivity contribution in [1.82, 2.24) is 0 Å². The molecule has 5 heteroatoms. The van der Waals surface area contributed by atoms with Crippen LogP contribution in [0.15, 0.2) is 0 Å². The van der Waals surface area contributed by atoms with E-state index in [0.717, 1.165) is 51.4 Å². The second-order valence-electron chi connectivity index (χ2n) is 5.46. The van der Waals surface area contributed by atoms with Gasteiger partial charge in [0.15, 0.2) is 0 Å². The quantitative estimate of drug-likeness (QED) is 0.362. The summed E-state index contributed by atoms with van der Waals surface area (Å²) >= 11 is 0. The van der Waals surface area contributed by atoms with Gasteiger partial charge >= 0.3 is 11.9 Å². The van der Waals surface area contributed by atoms with Gasteiger partial charge in [-0.1, -0.05) is 52.9 Å². The van der Waals surface area contributed by atoms with Crippen molar-refractivity contribution in [2.75, 3.05) is 19.8 Å². The van der Waals surface area contributed by atoms with Crippen LogP contribution in [0.4, 0.5) is 0 Å². The molecule has 5 nitrogen and oxygen atoms in total. The fourth-order valence-electron chi connectivity index (χ4n) is 2.03. The Morgan fingerprint density at radius 1 is 0.818 bits per heavy atom. The van der Waals surface area contributed by atoms with Gasteiger partial charge in [0, 0.05) is 0 Å². The van der Waals surface area contributed by atoms with E-state index in [9.17, 15) is 9.59 Å². The highest BCUT2D eigenvalue weighted by molar-refractivity contribution is 5.73. The van der Waals surface area contributed by atoms with Crippen LogP contribution in [0.1, 0.15) is 72.1 Å². The van der Waals surface area contributed by atoms with Crippen LogP contribution in [-0.4, -0.2) is 37.9 Å². The lowest BCUT2D eigenvalue weighted by Gasteiger charge is -2.16. The van der Waals surface area contributed by atoms with Crippen molar-refractivity contribution >= 4 is 11.9 Å². The summed E-state index contributed by atoms with van der Waals surface area (Å²) < 4.78 is 15.4. The lowest BCUT2D eigenvalue weighted by atomic mass is 10.1. The predicted molar refractivity (Wildman–Crippen MR) is 85.6 cm³/mol. The van der Waals surface area contributed by atoms with Gasteiger partial charge in [0.2, 0.25) is 0 Å². The molecule has 0 N–H and O–H groups in total. The number of unbranched alkanes of at least 4 members (excludes halogenated alkanes) is 3. The van der Waals surface area contributed by atoms with Gasteiger partial charge in [-0.25, -0.2) is 9.59 Å². The van der Waals surface area contributed by atoms with Gasteiger partial charge in [-0.15, -0.1) is 0 Å². The second-order valence-corrected chi connectivity index (χ2v) is 5.46.